The molecule has 0 spiro atoms. The van der Waals surface area contributed by atoms with E-state index in [9.17, 15) is 9.18 Å². The number of halogens is 1. The van der Waals surface area contributed by atoms with Crippen LogP contribution in [0.1, 0.15) is 16.1 Å². The maximum atomic E-state index is 12.8. The highest BCUT2D eigenvalue weighted by Crippen LogP contribution is 2.24. The fraction of sp³-hybridized carbons (Fsp3) is 0.0769. The van der Waals surface area contributed by atoms with Crippen LogP contribution in [0.5, 0.6) is 0 Å². The number of pyridine rings is 1. The van der Waals surface area contributed by atoms with Gasteiger partial charge in [-0.25, -0.2) is 4.39 Å². The smallest absolute Gasteiger partial charge is 0.251 e. The second-order valence-corrected chi connectivity index (χ2v) is 3.69. The predicted molar refractivity (Wildman–Crippen MR) is 62.9 cm³/mol. The van der Waals surface area contributed by atoms with E-state index in [2.05, 4.69) is 4.98 Å². The van der Waals surface area contributed by atoms with Gasteiger partial charge in [0.05, 0.1) is 11.3 Å². The number of amides is 1. The molecule has 2 N–H and O–H groups in total. The normalized spacial score (nSPS) is 10.2. The minimum atomic E-state index is -0.532. The van der Waals surface area contributed by atoms with Crippen LogP contribution in [-0.4, -0.2) is 10.9 Å². The monoisotopic (exact) mass is 230 g/mol. The summed E-state index contributed by atoms with van der Waals surface area (Å²) in [6.07, 6.45) is 1.60. The number of hydrogen-bond donors (Lipinski definition) is 1. The molecule has 2 aromatic rings. The average Bonchev–Trinajstić information content (AvgIpc) is 2.29. The number of aromatic nitrogens is 1. The van der Waals surface area contributed by atoms with Crippen LogP contribution in [0.2, 0.25) is 0 Å². The van der Waals surface area contributed by atoms with Crippen LogP contribution >= 0.6 is 0 Å². The highest BCUT2D eigenvalue weighted by molar-refractivity contribution is 6.00. The van der Waals surface area contributed by atoms with Crippen LogP contribution in [0.4, 0.5) is 4.39 Å². The molecule has 0 bridgehead atoms. The van der Waals surface area contributed by atoms with Gasteiger partial charge < -0.3 is 5.73 Å². The maximum Gasteiger partial charge on any atom is 0.251 e. The van der Waals surface area contributed by atoms with E-state index in [0.717, 1.165) is 5.56 Å². The fourth-order valence-corrected chi connectivity index (χ4v) is 1.75. The number of primary amides is 1. The van der Waals surface area contributed by atoms with Crippen LogP contribution in [0.25, 0.3) is 11.1 Å². The fourth-order valence-electron chi connectivity index (χ4n) is 1.75. The Morgan fingerprint density at radius 1 is 1.24 bits per heavy atom. The molecule has 1 aromatic heterocycles. The Morgan fingerprint density at radius 3 is 2.47 bits per heavy atom. The van der Waals surface area contributed by atoms with Crippen molar-refractivity contribution < 1.29 is 9.18 Å². The third-order valence-electron chi connectivity index (χ3n) is 2.54. The Labute approximate surface area is 98.1 Å². The third kappa shape index (κ3) is 2.15. The second kappa shape index (κ2) is 4.33. The van der Waals surface area contributed by atoms with E-state index in [-0.39, 0.29) is 5.82 Å². The molecule has 0 atom stereocenters. The molecule has 0 aliphatic carbocycles. The first-order valence-electron chi connectivity index (χ1n) is 5.11. The first-order valence-corrected chi connectivity index (χ1v) is 5.11. The van der Waals surface area contributed by atoms with Crippen LogP contribution in [0.15, 0.2) is 36.5 Å². The van der Waals surface area contributed by atoms with Gasteiger partial charge >= 0.3 is 0 Å². The lowest BCUT2D eigenvalue weighted by atomic mass is 9.99. The molecule has 1 aromatic carbocycles. The van der Waals surface area contributed by atoms with Crippen LogP contribution in [-0.2, 0) is 0 Å². The molecular formula is C13H11FN2O. The number of carbonyl (C=O) groups is 1. The van der Waals surface area contributed by atoms with Crippen molar-refractivity contribution in [3.05, 3.63) is 53.6 Å². The van der Waals surface area contributed by atoms with Gasteiger partial charge in [0.2, 0.25) is 0 Å². The largest absolute Gasteiger partial charge is 0.366 e. The molecule has 1 heterocycles. The average molecular weight is 230 g/mol. The van der Waals surface area contributed by atoms with Gasteiger partial charge in [-0.05, 0) is 36.2 Å². The molecule has 3 nitrogen and oxygen atoms in total. The van der Waals surface area contributed by atoms with Crippen molar-refractivity contribution in [1.29, 1.82) is 0 Å². The molecule has 2 rings (SSSR count). The molecule has 4 heteroatoms. The first-order chi connectivity index (χ1) is 8.09. The van der Waals surface area contributed by atoms with Gasteiger partial charge in [0.15, 0.2) is 0 Å². The number of aryl methyl sites for hydroxylation is 1. The van der Waals surface area contributed by atoms with Crippen molar-refractivity contribution in [3.63, 3.8) is 0 Å². The SMILES string of the molecule is Cc1nccc(-c2ccc(F)cc2)c1C(N)=O. The molecule has 0 unspecified atom stereocenters. The maximum absolute atomic E-state index is 12.8. The topological polar surface area (TPSA) is 56.0 Å². The zero-order valence-electron chi connectivity index (χ0n) is 9.27. The molecular weight excluding hydrogens is 219 g/mol. The van der Waals surface area contributed by atoms with Crippen molar-refractivity contribution >= 4 is 5.91 Å². The van der Waals surface area contributed by atoms with Gasteiger partial charge in [0.25, 0.3) is 5.91 Å². The second-order valence-electron chi connectivity index (χ2n) is 3.69. The third-order valence-corrected chi connectivity index (χ3v) is 2.54. The van der Waals surface area contributed by atoms with E-state index in [1.165, 1.54) is 12.1 Å². The summed E-state index contributed by atoms with van der Waals surface area (Å²) in [5.74, 6) is -0.852. The van der Waals surface area contributed by atoms with Crippen LogP contribution in [0.3, 0.4) is 0 Å². The zero-order valence-corrected chi connectivity index (χ0v) is 9.27. The summed E-state index contributed by atoms with van der Waals surface area (Å²) in [6, 6.07) is 7.60. The van der Waals surface area contributed by atoms with E-state index in [1.54, 1.807) is 31.3 Å². The Hall–Kier alpha value is -2.23. The van der Waals surface area contributed by atoms with E-state index < -0.39 is 5.91 Å². The van der Waals surface area contributed by atoms with Gasteiger partial charge in [-0.15, -0.1) is 0 Å². The van der Waals surface area contributed by atoms with Crippen molar-refractivity contribution in [2.24, 2.45) is 5.73 Å². The van der Waals surface area contributed by atoms with Gasteiger partial charge in [-0.1, -0.05) is 12.1 Å². The summed E-state index contributed by atoms with van der Waals surface area (Å²) in [4.78, 5) is 15.4. The van der Waals surface area contributed by atoms with E-state index >= 15 is 0 Å². The Kier molecular flexibility index (Phi) is 2.87. The lowest BCUT2D eigenvalue weighted by molar-refractivity contribution is 0.1000. The summed E-state index contributed by atoms with van der Waals surface area (Å²) in [5, 5.41) is 0. The summed E-state index contributed by atoms with van der Waals surface area (Å²) in [5.41, 5.74) is 7.69. The van der Waals surface area contributed by atoms with Crippen LogP contribution < -0.4 is 5.73 Å². The molecule has 0 radical (unpaired) electrons. The predicted octanol–water partition coefficient (Wildman–Crippen LogP) is 2.30. The number of carbonyl (C=O) groups excluding carboxylic acids is 1. The summed E-state index contributed by atoms with van der Waals surface area (Å²) >= 11 is 0. The zero-order chi connectivity index (χ0) is 12.4. The van der Waals surface area contributed by atoms with E-state index in [0.29, 0.717) is 16.8 Å². The Morgan fingerprint density at radius 2 is 1.88 bits per heavy atom. The number of nitrogens with two attached hydrogens (primary N) is 1. The molecule has 86 valence electrons. The van der Waals surface area contributed by atoms with E-state index in [1.807, 2.05) is 0 Å². The van der Waals surface area contributed by atoms with Crippen molar-refractivity contribution in [2.75, 3.05) is 0 Å². The molecule has 0 saturated carbocycles. The number of nitrogens with zero attached hydrogens (tertiary/aromatic N) is 1. The summed E-state index contributed by atoms with van der Waals surface area (Å²) < 4.78 is 12.8. The quantitative estimate of drug-likeness (QED) is 0.860. The summed E-state index contributed by atoms with van der Waals surface area (Å²) in [7, 11) is 0. The number of benzene rings is 1. The molecule has 0 aliphatic heterocycles. The first kappa shape index (κ1) is 11.3. The standard InChI is InChI=1S/C13H11FN2O/c1-8-12(13(15)17)11(6-7-16-8)9-2-4-10(14)5-3-9/h2-7H,1H3,(H2,15,17). The number of hydrogen-bond acceptors (Lipinski definition) is 2. The molecule has 0 saturated heterocycles. The van der Waals surface area contributed by atoms with Gasteiger partial charge in [0, 0.05) is 6.20 Å². The summed E-state index contributed by atoms with van der Waals surface area (Å²) in [6.45, 7) is 1.72. The highest BCUT2D eigenvalue weighted by atomic mass is 19.1. The molecule has 0 aliphatic rings. The Balaban J connectivity index is 2.63. The molecule has 1 amide bonds. The van der Waals surface area contributed by atoms with E-state index in [4.69, 9.17) is 5.73 Å². The van der Waals surface area contributed by atoms with Gasteiger partial charge in [-0.3, -0.25) is 9.78 Å². The van der Waals surface area contributed by atoms with Crippen molar-refractivity contribution in [2.45, 2.75) is 6.92 Å². The number of rotatable bonds is 2. The van der Waals surface area contributed by atoms with Crippen molar-refractivity contribution in [1.82, 2.24) is 4.98 Å². The molecule has 17 heavy (non-hydrogen) atoms. The van der Waals surface area contributed by atoms with Crippen LogP contribution in [0, 0.1) is 12.7 Å². The highest BCUT2D eigenvalue weighted by Gasteiger charge is 2.13. The lowest BCUT2D eigenvalue weighted by Crippen LogP contribution is -2.15. The minimum Gasteiger partial charge on any atom is -0.366 e. The van der Waals surface area contributed by atoms with Gasteiger partial charge in [-0.2, -0.15) is 0 Å². The Bertz CT molecular complexity index is 564. The lowest BCUT2D eigenvalue weighted by Gasteiger charge is -2.08. The molecule has 0 fully saturated rings. The van der Waals surface area contributed by atoms with Crippen molar-refractivity contribution in [3.8, 4) is 11.1 Å². The van der Waals surface area contributed by atoms with Gasteiger partial charge in [0.1, 0.15) is 5.82 Å². The minimum absolute atomic E-state index is 0.319.